The number of carbonyl (C=O) groups is 1. The molecule has 1 aromatic carbocycles. The van der Waals surface area contributed by atoms with Gasteiger partial charge in [0.05, 0.1) is 24.6 Å². The highest BCUT2D eigenvalue weighted by Gasteiger charge is 2.09. The molecule has 0 saturated carbocycles. The Bertz CT molecular complexity index is 661. The van der Waals surface area contributed by atoms with E-state index in [0.717, 1.165) is 0 Å². The van der Waals surface area contributed by atoms with Crippen LogP contribution in [0.25, 0.3) is 0 Å². The summed E-state index contributed by atoms with van der Waals surface area (Å²) in [5, 5.41) is 13.5. The van der Waals surface area contributed by atoms with Gasteiger partial charge >= 0.3 is 0 Å². The molecule has 1 heterocycles. The summed E-state index contributed by atoms with van der Waals surface area (Å²) in [5.74, 6) is 0.623. The lowest BCUT2D eigenvalue weighted by atomic mass is 10.2. The van der Waals surface area contributed by atoms with E-state index >= 15 is 0 Å². The minimum Gasteiger partial charge on any atom is -0.504 e. The van der Waals surface area contributed by atoms with Gasteiger partial charge in [-0.25, -0.2) is 5.43 Å². The number of nitrogens with zero attached hydrogens (tertiary/aromatic N) is 1. The molecule has 0 aliphatic heterocycles. The van der Waals surface area contributed by atoms with E-state index in [9.17, 15) is 9.90 Å². The van der Waals surface area contributed by atoms with Gasteiger partial charge in [0.1, 0.15) is 5.76 Å². The highest BCUT2D eigenvalue weighted by atomic mass is 16.5. The number of hydrogen-bond acceptors (Lipinski definition) is 5. The molecule has 0 atom stereocenters. The molecule has 6 heteroatoms. The van der Waals surface area contributed by atoms with Crippen molar-refractivity contribution >= 4 is 12.1 Å². The fourth-order valence-corrected chi connectivity index (χ4v) is 1.73. The molecule has 0 saturated heterocycles. The Hall–Kier alpha value is -2.76. The average Bonchev–Trinajstić information content (AvgIpc) is 2.89. The van der Waals surface area contributed by atoms with Crippen LogP contribution < -0.4 is 10.2 Å². The van der Waals surface area contributed by atoms with E-state index in [0.29, 0.717) is 29.2 Å². The Kier molecular flexibility index (Phi) is 4.61. The predicted molar refractivity (Wildman–Crippen MR) is 77.8 cm³/mol. The fourth-order valence-electron chi connectivity index (χ4n) is 1.73. The first-order valence-electron chi connectivity index (χ1n) is 6.45. The Morgan fingerprint density at radius 3 is 2.95 bits per heavy atom. The van der Waals surface area contributed by atoms with Gasteiger partial charge in [-0.15, -0.1) is 0 Å². The third-order valence-electron chi connectivity index (χ3n) is 2.77. The molecule has 0 radical (unpaired) electrons. The molecule has 110 valence electrons. The first-order chi connectivity index (χ1) is 10.1. The number of hydrogen-bond donors (Lipinski definition) is 2. The number of benzene rings is 1. The van der Waals surface area contributed by atoms with Crippen LogP contribution in [0.5, 0.6) is 11.5 Å². The van der Waals surface area contributed by atoms with E-state index in [1.807, 2.05) is 6.92 Å². The minimum absolute atomic E-state index is 0.0621. The van der Waals surface area contributed by atoms with E-state index in [1.54, 1.807) is 25.1 Å². The third-order valence-corrected chi connectivity index (χ3v) is 2.77. The van der Waals surface area contributed by atoms with Crippen LogP contribution in [-0.2, 0) is 0 Å². The molecule has 0 bridgehead atoms. The number of phenolic OH excluding ortho intramolecular Hbond substituents is 1. The summed E-state index contributed by atoms with van der Waals surface area (Å²) in [6, 6.07) is 6.39. The molecule has 6 nitrogen and oxygen atoms in total. The number of carbonyl (C=O) groups excluding carboxylic acids is 1. The van der Waals surface area contributed by atoms with Gasteiger partial charge in [-0.1, -0.05) is 0 Å². The quantitative estimate of drug-likeness (QED) is 0.654. The number of phenols is 1. The third kappa shape index (κ3) is 3.62. The summed E-state index contributed by atoms with van der Waals surface area (Å²) in [5.41, 5.74) is 3.54. The van der Waals surface area contributed by atoms with Crippen molar-refractivity contribution in [2.45, 2.75) is 13.8 Å². The van der Waals surface area contributed by atoms with Crippen LogP contribution in [0.2, 0.25) is 0 Å². The van der Waals surface area contributed by atoms with Gasteiger partial charge in [0, 0.05) is 0 Å². The zero-order valence-electron chi connectivity index (χ0n) is 11.8. The number of rotatable bonds is 5. The molecule has 2 aromatic rings. The van der Waals surface area contributed by atoms with Crippen molar-refractivity contribution in [2.24, 2.45) is 5.10 Å². The molecule has 0 fully saturated rings. The summed E-state index contributed by atoms with van der Waals surface area (Å²) in [4.78, 5) is 11.8. The van der Waals surface area contributed by atoms with Crippen LogP contribution in [0.3, 0.4) is 0 Å². The molecular weight excluding hydrogens is 272 g/mol. The summed E-state index contributed by atoms with van der Waals surface area (Å²) >= 11 is 0. The van der Waals surface area contributed by atoms with E-state index < -0.39 is 0 Å². The maximum absolute atomic E-state index is 11.8. The Balaban J connectivity index is 2.03. The van der Waals surface area contributed by atoms with Gasteiger partial charge in [0.25, 0.3) is 5.91 Å². The maximum Gasteiger partial charge on any atom is 0.274 e. The lowest BCUT2D eigenvalue weighted by Gasteiger charge is -2.05. The smallest absolute Gasteiger partial charge is 0.274 e. The summed E-state index contributed by atoms with van der Waals surface area (Å²) in [7, 11) is 0. The standard InChI is InChI=1S/C15H16N2O4/c1-3-20-14-8-11(4-5-13(14)18)9-16-17-15(19)12-6-7-21-10(12)2/h4-9,18H,3H2,1-2H3,(H,17,19). The molecule has 2 N–H and O–H groups in total. The van der Waals surface area contributed by atoms with Crippen LogP contribution in [0, 0.1) is 6.92 Å². The van der Waals surface area contributed by atoms with Crippen LogP contribution in [-0.4, -0.2) is 23.8 Å². The number of ether oxygens (including phenoxy) is 1. The second-order valence-electron chi connectivity index (χ2n) is 4.25. The van der Waals surface area contributed by atoms with Crippen molar-refractivity contribution in [1.82, 2.24) is 5.43 Å². The summed E-state index contributed by atoms with van der Waals surface area (Å²) in [6.45, 7) is 3.98. The minimum atomic E-state index is -0.346. The largest absolute Gasteiger partial charge is 0.504 e. The van der Waals surface area contributed by atoms with Gasteiger partial charge in [-0.2, -0.15) is 5.10 Å². The van der Waals surface area contributed by atoms with Crippen LogP contribution in [0.15, 0.2) is 40.0 Å². The number of amides is 1. The molecule has 2 rings (SSSR count). The highest BCUT2D eigenvalue weighted by Crippen LogP contribution is 2.26. The molecule has 0 unspecified atom stereocenters. The van der Waals surface area contributed by atoms with Crippen molar-refractivity contribution in [1.29, 1.82) is 0 Å². The zero-order valence-corrected chi connectivity index (χ0v) is 11.8. The van der Waals surface area contributed by atoms with Gasteiger partial charge < -0.3 is 14.3 Å². The highest BCUT2D eigenvalue weighted by molar-refractivity contribution is 5.95. The SMILES string of the molecule is CCOc1cc(C=NNC(=O)c2ccoc2C)ccc1O. The number of aromatic hydroxyl groups is 1. The number of furan rings is 1. The van der Waals surface area contributed by atoms with Crippen molar-refractivity contribution in [3.05, 3.63) is 47.4 Å². The molecule has 1 amide bonds. The molecule has 0 aliphatic carbocycles. The van der Waals surface area contributed by atoms with Gasteiger partial charge in [-0.05, 0) is 43.7 Å². The Morgan fingerprint density at radius 1 is 1.48 bits per heavy atom. The van der Waals surface area contributed by atoms with Crippen molar-refractivity contribution < 1.29 is 19.1 Å². The average molecular weight is 288 g/mol. The maximum atomic E-state index is 11.8. The lowest BCUT2D eigenvalue weighted by molar-refractivity contribution is 0.0953. The molecule has 21 heavy (non-hydrogen) atoms. The summed E-state index contributed by atoms with van der Waals surface area (Å²) in [6.07, 6.45) is 2.91. The molecule has 0 spiro atoms. The molecule has 0 aliphatic rings. The lowest BCUT2D eigenvalue weighted by Crippen LogP contribution is -2.17. The Morgan fingerprint density at radius 2 is 2.29 bits per heavy atom. The van der Waals surface area contributed by atoms with Gasteiger partial charge in [0.15, 0.2) is 11.5 Å². The normalized spacial score (nSPS) is 10.8. The molecular formula is C15H16N2O4. The van der Waals surface area contributed by atoms with E-state index in [4.69, 9.17) is 9.15 Å². The van der Waals surface area contributed by atoms with E-state index in [-0.39, 0.29) is 11.7 Å². The van der Waals surface area contributed by atoms with Gasteiger partial charge in [0.2, 0.25) is 0 Å². The predicted octanol–water partition coefficient (Wildman–Crippen LogP) is 2.46. The molecule has 1 aromatic heterocycles. The van der Waals surface area contributed by atoms with Crippen molar-refractivity contribution in [3.8, 4) is 11.5 Å². The Labute approximate surface area is 122 Å². The second-order valence-corrected chi connectivity index (χ2v) is 4.25. The van der Waals surface area contributed by atoms with E-state index in [1.165, 1.54) is 18.5 Å². The topological polar surface area (TPSA) is 84.1 Å². The van der Waals surface area contributed by atoms with Crippen LogP contribution >= 0.6 is 0 Å². The number of hydrazone groups is 1. The monoisotopic (exact) mass is 288 g/mol. The number of aryl methyl sites for hydroxylation is 1. The van der Waals surface area contributed by atoms with Crippen molar-refractivity contribution in [3.63, 3.8) is 0 Å². The first-order valence-corrected chi connectivity index (χ1v) is 6.45. The second kappa shape index (κ2) is 6.60. The van der Waals surface area contributed by atoms with Crippen molar-refractivity contribution in [2.75, 3.05) is 6.61 Å². The van der Waals surface area contributed by atoms with Crippen LogP contribution in [0.1, 0.15) is 28.6 Å². The van der Waals surface area contributed by atoms with Crippen LogP contribution in [0.4, 0.5) is 0 Å². The van der Waals surface area contributed by atoms with E-state index in [2.05, 4.69) is 10.5 Å². The fraction of sp³-hybridized carbons (Fsp3) is 0.200. The summed E-state index contributed by atoms with van der Waals surface area (Å²) < 4.78 is 10.3. The van der Waals surface area contributed by atoms with Gasteiger partial charge in [-0.3, -0.25) is 4.79 Å². The first kappa shape index (κ1) is 14.6. The zero-order chi connectivity index (χ0) is 15.2. The number of nitrogens with one attached hydrogen (secondary N) is 1.